The molecular formula is C14H13F3N6O. The number of hydrogen-bond acceptors (Lipinski definition) is 5. The maximum atomic E-state index is 12.6. The Morgan fingerprint density at radius 1 is 1.21 bits per heavy atom. The number of nitrogens with zero attached hydrogens (tertiary/aromatic N) is 5. The van der Waals surface area contributed by atoms with Crippen LogP contribution in [0.5, 0.6) is 0 Å². The molecule has 1 atom stereocenters. The van der Waals surface area contributed by atoms with Gasteiger partial charge in [0.05, 0.1) is 17.4 Å². The molecule has 0 saturated heterocycles. The van der Waals surface area contributed by atoms with E-state index in [1.807, 2.05) is 0 Å². The largest absolute Gasteiger partial charge is 0.435 e. The van der Waals surface area contributed by atoms with Gasteiger partial charge in [-0.3, -0.25) is 4.79 Å². The predicted octanol–water partition coefficient (Wildman–Crippen LogP) is 2.15. The molecule has 0 radical (unpaired) electrons. The molecule has 3 rings (SSSR count). The van der Waals surface area contributed by atoms with Gasteiger partial charge in [-0.25, -0.2) is 9.67 Å². The number of halogens is 3. The van der Waals surface area contributed by atoms with E-state index in [2.05, 4.69) is 25.3 Å². The Bertz CT molecular complexity index is 958. The highest BCUT2D eigenvalue weighted by Gasteiger charge is 2.33. The van der Waals surface area contributed by atoms with Crippen LogP contribution in [0.2, 0.25) is 0 Å². The molecule has 0 bridgehead atoms. The molecule has 0 aliphatic carbocycles. The van der Waals surface area contributed by atoms with Gasteiger partial charge in [-0.2, -0.15) is 23.4 Å². The smallest absolute Gasteiger partial charge is 0.310 e. The second-order valence-corrected chi connectivity index (χ2v) is 5.40. The minimum Gasteiger partial charge on any atom is -0.310 e. The van der Waals surface area contributed by atoms with E-state index in [0.717, 1.165) is 6.07 Å². The van der Waals surface area contributed by atoms with Crippen LogP contribution in [0.25, 0.3) is 11.0 Å². The summed E-state index contributed by atoms with van der Waals surface area (Å²) in [5, 5.41) is 11.5. The van der Waals surface area contributed by atoms with Gasteiger partial charge in [-0.1, -0.05) is 0 Å². The van der Waals surface area contributed by atoms with Crippen molar-refractivity contribution in [3.63, 3.8) is 0 Å². The topological polar surface area (TPSA) is 89.3 Å². The van der Waals surface area contributed by atoms with Crippen LogP contribution in [0, 0.1) is 13.8 Å². The van der Waals surface area contributed by atoms with Crippen LogP contribution in [0.4, 0.5) is 13.2 Å². The van der Waals surface area contributed by atoms with Crippen LogP contribution in [0.3, 0.4) is 0 Å². The van der Waals surface area contributed by atoms with Crippen LogP contribution < -0.4 is 5.56 Å². The first-order valence-corrected chi connectivity index (χ1v) is 7.05. The van der Waals surface area contributed by atoms with E-state index >= 15 is 0 Å². The van der Waals surface area contributed by atoms with Gasteiger partial charge in [-0.05, 0) is 32.9 Å². The number of fused-ring (bicyclic) bond motifs is 1. The summed E-state index contributed by atoms with van der Waals surface area (Å²) < 4.78 is 39.2. The number of aromatic amines is 1. The quantitative estimate of drug-likeness (QED) is 0.773. The van der Waals surface area contributed by atoms with Gasteiger partial charge in [-0.15, -0.1) is 5.10 Å². The van der Waals surface area contributed by atoms with Crippen molar-refractivity contribution in [2.75, 3.05) is 0 Å². The maximum absolute atomic E-state index is 12.6. The van der Waals surface area contributed by atoms with E-state index in [1.165, 1.54) is 10.7 Å². The Labute approximate surface area is 133 Å². The Kier molecular flexibility index (Phi) is 3.61. The standard InChI is InChI=1S/C14H13F3N6O/c1-6-11-12(18-8(3)19-13(11)24)23(22-6)7(2)9-4-5-10(21-20-9)14(15,16)17/h4-5,7H,1-3H3,(H,18,19,24). The predicted molar refractivity (Wildman–Crippen MR) is 78.5 cm³/mol. The summed E-state index contributed by atoms with van der Waals surface area (Å²) in [5.74, 6) is 0.416. The van der Waals surface area contributed by atoms with E-state index < -0.39 is 17.9 Å². The van der Waals surface area contributed by atoms with Crippen LogP contribution in [-0.4, -0.2) is 29.9 Å². The Balaban J connectivity index is 2.09. The van der Waals surface area contributed by atoms with Gasteiger partial charge >= 0.3 is 6.18 Å². The maximum Gasteiger partial charge on any atom is 0.435 e. The van der Waals surface area contributed by atoms with Gasteiger partial charge in [0.2, 0.25) is 0 Å². The summed E-state index contributed by atoms with van der Waals surface area (Å²) in [4.78, 5) is 18.9. The van der Waals surface area contributed by atoms with Crippen LogP contribution in [0.15, 0.2) is 16.9 Å². The van der Waals surface area contributed by atoms with Gasteiger partial charge in [0.15, 0.2) is 11.3 Å². The molecular weight excluding hydrogens is 325 g/mol. The molecule has 0 amide bonds. The molecule has 1 N–H and O–H groups in total. The SMILES string of the molecule is Cc1nc2c(c(C)nn2C(C)c2ccc(C(F)(F)F)nn2)c(=O)[nH]1. The second-order valence-electron chi connectivity index (χ2n) is 5.40. The first-order chi connectivity index (χ1) is 11.2. The zero-order valence-electron chi connectivity index (χ0n) is 13.0. The van der Waals surface area contributed by atoms with Crippen molar-refractivity contribution < 1.29 is 13.2 Å². The van der Waals surface area contributed by atoms with E-state index in [-0.39, 0.29) is 11.3 Å². The summed E-state index contributed by atoms with van der Waals surface area (Å²) in [7, 11) is 0. The Hall–Kier alpha value is -2.78. The fraction of sp³-hybridized carbons (Fsp3) is 0.357. The fourth-order valence-corrected chi connectivity index (χ4v) is 2.43. The molecule has 0 aliphatic rings. The van der Waals surface area contributed by atoms with Crippen molar-refractivity contribution in [3.8, 4) is 0 Å². The van der Waals surface area contributed by atoms with Gasteiger partial charge in [0, 0.05) is 0 Å². The first-order valence-electron chi connectivity index (χ1n) is 7.05. The number of alkyl halides is 3. The molecule has 0 spiro atoms. The van der Waals surface area contributed by atoms with Gasteiger partial charge in [0.1, 0.15) is 11.2 Å². The normalized spacial score (nSPS) is 13.4. The third kappa shape index (κ3) is 2.63. The van der Waals surface area contributed by atoms with Crippen molar-refractivity contribution in [1.82, 2.24) is 29.9 Å². The molecule has 0 aromatic carbocycles. The van der Waals surface area contributed by atoms with Crippen LogP contribution in [0.1, 0.15) is 35.9 Å². The number of H-pyrrole nitrogens is 1. The third-order valence-corrected chi connectivity index (χ3v) is 3.63. The molecule has 0 fully saturated rings. The highest BCUT2D eigenvalue weighted by Crippen LogP contribution is 2.28. The molecule has 3 aromatic rings. The number of hydrogen-bond donors (Lipinski definition) is 1. The zero-order chi connectivity index (χ0) is 17.6. The molecule has 1 unspecified atom stereocenters. The van der Waals surface area contributed by atoms with E-state index in [4.69, 9.17) is 0 Å². The number of aromatic nitrogens is 6. The average Bonchev–Trinajstić information content (AvgIpc) is 2.82. The summed E-state index contributed by atoms with van der Waals surface area (Å²) in [6, 6.07) is 1.57. The Morgan fingerprint density at radius 2 is 1.92 bits per heavy atom. The number of aryl methyl sites for hydroxylation is 2. The lowest BCUT2D eigenvalue weighted by Crippen LogP contribution is -2.16. The lowest BCUT2D eigenvalue weighted by Gasteiger charge is -2.13. The van der Waals surface area contributed by atoms with Crippen molar-refractivity contribution in [2.24, 2.45) is 0 Å². The van der Waals surface area contributed by atoms with Gasteiger partial charge in [0.25, 0.3) is 5.56 Å². The van der Waals surface area contributed by atoms with Crippen LogP contribution >= 0.6 is 0 Å². The Morgan fingerprint density at radius 3 is 2.50 bits per heavy atom. The summed E-state index contributed by atoms with van der Waals surface area (Å²) >= 11 is 0. The highest BCUT2D eigenvalue weighted by molar-refractivity contribution is 5.77. The molecule has 24 heavy (non-hydrogen) atoms. The highest BCUT2D eigenvalue weighted by atomic mass is 19.4. The lowest BCUT2D eigenvalue weighted by molar-refractivity contribution is -0.141. The van der Waals surface area contributed by atoms with Crippen molar-refractivity contribution in [3.05, 3.63) is 45.4 Å². The van der Waals surface area contributed by atoms with Crippen LogP contribution in [-0.2, 0) is 6.18 Å². The van der Waals surface area contributed by atoms with Crippen molar-refractivity contribution >= 4 is 11.0 Å². The summed E-state index contributed by atoms with van der Waals surface area (Å²) in [5.41, 5.74) is -0.266. The molecule has 126 valence electrons. The number of nitrogens with one attached hydrogen (secondary N) is 1. The minimum atomic E-state index is -4.55. The second kappa shape index (κ2) is 5.39. The molecule has 3 heterocycles. The molecule has 10 heteroatoms. The van der Waals surface area contributed by atoms with E-state index in [9.17, 15) is 18.0 Å². The fourth-order valence-electron chi connectivity index (χ4n) is 2.43. The molecule has 7 nitrogen and oxygen atoms in total. The van der Waals surface area contributed by atoms with Crippen molar-refractivity contribution in [1.29, 1.82) is 0 Å². The van der Waals surface area contributed by atoms with Gasteiger partial charge < -0.3 is 4.98 Å². The minimum absolute atomic E-state index is 0.284. The molecule has 3 aromatic heterocycles. The molecule has 0 aliphatic heterocycles. The van der Waals surface area contributed by atoms with E-state index in [0.29, 0.717) is 22.6 Å². The molecule has 0 saturated carbocycles. The van der Waals surface area contributed by atoms with Crippen molar-refractivity contribution in [2.45, 2.75) is 33.0 Å². The first kappa shape index (κ1) is 16.1. The lowest BCUT2D eigenvalue weighted by atomic mass is 10.2. The zero-order valence-corrected chi connectivity index (χ0v) is 13.0. The third-order valence-electron chi connectivity index (χ3n) is 3.63. The number of rotatable bonds is 2. The summed E-state index contributed by atoms with van der Waals surface area (Å²) in [6.07, 6.45) is -4.55. The van der Waals surface area contributed by atoms with E-state index in [1.54, 1.807) is 20.8 Å². The summed E-state index contributed by atoms with van der Waals surface area (Å²) in [6.45, 7) is 4.99. The monoisotopic (exact) mass is 338 g/mol. The average molecular weight is 338 g/mol.